The number of aliphatic carboxylic acids is 1. The zero-order valence-electron chi connectivity index (χ0n) is 14.8. The van der Waals surface area contributed by atoms with Crippen LogP contribution in [0.5, 0.6) is 0 Å². The number of alkyl carbamates (subject to hydrolysis) is 1. The van der Waals surface area contributed by atoms with E-state index >= 15 is 0 Å². The van der Waals surface area contributed by atoms with Crippen molar-refractivity contribution in [3.8, 4) is 0 Å². The van der Waals surface area contributed by atoms with E-state index in [4.69, 9.17) is 4.74 Å². The van der Waals surface area contributed by atoms with Crippen LogP contribution in [0.3, 0.4) is 0 Å². The third-order valence-electron chi connectivity index (χ3n) is 4.36. The van der Waals surface area contributed by atoms with E-state index in [0.717, 1.165) is 21.9 Å². The van der Waals surface area contributed by atoms with E-state index in [0.29, 0.717) is 6.42 Å². The van der Waals surface area contributed by atoms with Crippen molar-refractivity contribution in [3.05, 3.63) is 83.9 Å². The van der Waals surface area contributed by atoms with E-state index in [2.05, 4.69) is 5.32 Å². The number of ether oxygens (including phenoxy) is 1. The Balaban J connectivity index is 1.60. The molecule has 138 valence electrons. The van der Waals surface area contributed by atoms with Crippen molar-refractivity contribution in [1.82, 2.24) is 5.32 Å². The number of nitrogens with one attached hydrogen (secondary N) is 1. The Hall–Kier alpha value is -3.34. The smallest absolute Gasteiger partial charge is 0.407 e. The van der Waals surface area contributed by atoms with Crippen LogP contribution in [0.15, 0.2) is 72.8 Å². The monoisotopic (exact) mass is 363 g/mol. The Morgan fingerprint density at radius 3 is 2.41 bits per heavy atom. The third-order valence-corrected chi connectivity index (χ3v) is 4.36. The van der Waals surface area contributed by atoms with E-state index < -0.39 is 18.1 Å². The van der Waals surface area contributed by atoms with Crippen LogP contribution in [0.4, 0.5) is 4.79 Å². The molecule has 27 heavy (non-hydrogen) atoms. The van der Waals surface area contributed by atoms with Crippen LogP contribution in [-0.4, -0.2) is 29.8 Å². The highest BCUT2D eigenvalue weighted by atomic mass is 16.5. The molecule has 0 spiro atoms. The molecule has 0 bridgehead atoms. The summed E-state index contributed by atoms with van der Waals surface area (Å²) < 4.78 is 5.14. The summed E-state index contributed by atoms with van der Waals surface area (Å²) in [5.41, 5.74) is 1.92. The maximum absolute atomic E-state index is 12.0. The predicted molar refractivity (Wildman–Crippen MR) is 104 cm³/mol. The Bertz CT molecular complexity index is 919. The lowest BCUT2D eigenvalue weighted by Gasteiger charge is -2.16. The highest BCUT2D eigenvalue weighted by Crippen LogP contribution is 2.20. The summed E-state index contributed by atoms with van der Waals surface area (Å²) in [7, 11) is 0. The number of carboxylic acids is 1. The quantitative estimate of drug-likeness (QED) is 0.669. The van der Waals surface area contributed by atoms with Gasteiger partial charge >= 0.3 is 12.1 Å². The number of hydrogen-bond donors (Lipinski definition) is 2. The zero-order chi connectivity index (χ0) is 19.1. The standard InChI is InChI=1S/C22H21NO4/c24-21(25)20(15-18-11-6-10-17-9-4-5-12-19(17)18)23-22(26)27-14-13-16-7-2-1-3-8-16/h1-12,20H,13-15H2,(H,23,26)(H,24,25). The van der Waals surface area contributed by atoms with E-state index in [1.165, 1.54) is 0 Å². The van der Waals surface area contributed by atoms with E-state index in [-0.39, 0.29) is 13.0 Å². The van der Waals surface area contributed by atoms with Crippen LogP contribution in [0.2, 0.25) is 0 Å². The van der Waals surface area contributed by atoms with Crippen LogP contribution >= 0.6 is 0 Å². The lowest BCUT2D eigenvalue weighted by molar-refractivity contribution is -0.139. The van der Waals surface area contributed by atoms with Gasteiger partial charge in [-0.15, -0.1) is 0 Å². The normalized spacial score (nSPS) is 11.7. The number of rotatable bonds is 7. The highest BCUT2D eigenvalue weighted by Gasteiger charge is 2.22. The first-order valence-corrected chi connectivity index (χ1v) is 8.80. The summed E-state index contributed by atoms with van der Waals surface area (Å²) >= 11 is 0. The summed E-state index contributed by atoms with van der Waals surface area (Å²) in [6.07, 6.45) is 0.0401. The average Bonchev–Trinajstić information content (AvgIpc) is 2.68. The summed E-state index contributed by atoms with van der Waals surface area (Å²) in [6, 6.07) is 22.1. The van der Waals surface area contributed by atoms with Gasteiger partial charge in [-0.1, -0.05) is 72.8 Å². The van der Waals surface area contributed by atoms with Crippen LogP contribution < -0.4 is 5.32 Å². The molecule has 1 unspecified atom stereocenters. The second-order valence-electron chi connectivity index (χ2n) is 6.25. The van der Waals surface area contributed by atoms with Gasteiger partial charge in [0.05, 0.1) is 6.61 Å². The van der Waals surface area contributed by atoms with E-state index in [1.807, 2.05) is 72.8 Å². The lowest BCUT2D eigenvalue weighted by Crippen LogP contribution is -2.42. The van der Waals surface area contributed by atoms with Crippen molar-refractivity contribution >= 4 is 22.8 Å². The number of benzene rings is 3. The molecule has 5 heteroatoms. The van der Waals surface area contributed by atoms with Gasteiger partial charge in [0.15, 0.2) is 0 Å². The number of hydrogen-bond acceptors (Lipinski definition) is 3. The molecule has 3 aromatic carbocycles. The fourth-order valence-electron chi connectivity index (χ4n) is 2.98. The molecule has 0 saturated heterocycles. The maximum Gasteiger partial charge on any atom is 0.407 e. The number of carboxylic acid groups (broad SMARTS) is 1. The zero-order valence-corrected chi connectivity index (χ0v) is 14.8. The van der Waals surface area contributed by atoms with Crippen molar-refractivity contribution in [2.75, 3.05) is 6.61 Å². The summed E-state index contributed by atoms with van der Waals surface area (Å²) in [5, 5.41) is 14.0. The van der Waals surface area contributed by atoms with Gasteiger partial charge in [0.25, 0.3) is 0 Å². The SMILES string of the molecule is O=C(NC(Cc1cccc2ccccc12)C(=O)O)OCCc1ccccc1. The molecule has 0 aromatic heterocycles. The van der Waals surface area contributed by atoms with Crippen molar-refractivity contribution < 1.29 is 19.4 Å². The first-order valence-electron chi connectivity index (χ1n) is 8.80. The van der Waals surface area contributed by atoms with Crippen molar-refractivity contribution in [2.45, 2.75) is 18.9 Å². The Morgan fingerprint density at radius 1 is 0.926 bits per heavy atom. The molecule has 1 atom stereocenters. The van der Waals surface area contributed by atoms with Crippen LogP contribution in [0, 0.1) is 0 Å². The van der Waals surface area contributed by atoms with E-state index in [9.17, 15) is 14.7 Å². The molecule has 0 aliphatic rings. The average molecular weight is 363 g/mol. The third kappa shape index (κ3) is 5.07. The predicted octanol–water partition coefficient (Wildman–Crippen LogP) is 3.80. The number of carbonyl (C=O) groups is 2. The molecule has 0 heterocycles. The van der Waals surface area contributed by atoms with Gasteiger partial charge < -0.3 is 15.2 Å². The molecule has 0 aliphatic heterocycles. The van der Waals surface area contributed by atoms with Gasteiger partial charge in [-0.2, -0.15) is 0 Å². The Kier molecular flexibility index (Phi) is 6.05. The molecule has 1 amide bonds. The van der Waals surface area contributed by atoms with Crippen molar-refractivity contribution in [2.24, 2.45) is 0 Å². The van der Waals surface area contributed by atoms with Crippen LogP contribution in [-0.2, 0) is 22.4 Å². The van der Waals surface area contributed by atoms with Crippen molar-refractivity contribution in [3.63, 3.8) is 0 Å². The van der Waals surface area contributed by atoms with E-state index in [1.54, 1.807) is 0 Å². The molecule has 0 saturated carbocycles. The number of fused-ring (bicyclic) bond motifs is 1. The molecular formula is C22H21NO4. The van der Waals surface area contributed by atoms with Crippen LogP contribution in [0.1, 0.15) is 11.1 Å². The number of amides is 1. The Labute approximate surface area is 157 Å². The van der Waals surface area contributed by atoms with Crippen molar-refractivity contribution in [1.29, 1.82) is 0 Å². The second kappa shape index (κ2) is 8.85. The second-order valence-corrected chi connectivity index (χ2v) is 6.25. The summed E-state index contributed by atoms with van der Waals surface area (Å²) in [4.78, 5) is 23.6. The molecular weight excluding hydrogens is 342 g/mol. The van der Waals surface area contributed by atoms with Gasteiger partial charge in [-0.3, -0.25) is 0 Å². The molecule has 5 nitrogen and oxygen atoms in total. The van der Waals surface area contributed by atoms with Crippen LogP contribution in [0.25, 0.3) is 10.8 Å². The first kappa shape index (κ1) is 18.5. The fourth-order valence-corrected chi connectivity index (χ4v) is 2.98. The van der Waals surface area contributed by atoms with Gasteiger partial charge in [-0.25, -0.2) is 9.59 Å². The largest absolute Gasteiger partial charge is 0.480 e. The van der Waals surface area contributed by atoms with Gasteiger partial charge in [0, 0.05) is 12.8 Å². The Morgan fingerprint density at radius 2 is 1.63 bits per heavy atom. The topological polar surface area (TPSA) is 75.6 Å². The highest BCUT2D eigenvalue weighted by molar-refractivity contribution is 5.87. The maximum atomic E-state index is 12.0. The number of carbonyl (C=O) groups excluding carboxylic acids is 1. The van der Waals surface area contributed by atoms with Gasteiger partial charge in [-0.05, 0) is 21.9 Å². The summed E-state index contributed by atoms with van der Waals surface area (Å²) in [5.74, 6) is -1.09. The lowest BCUT2D eigenvalue weighted by atomic mass is 9.99. The minimum Gasteiger partial charge on any atom is -0.480 e. The molecule has 0 radical (unpaired) electrons. The fraction of sp³-hybridized carbons (Fsp3) is 0.182. The minimum atomic E-state index is -1.09. The molecule has 3 rings (SSSR count). The molecule has 2 N–H and O–H groups in total. The summed E-state index contributed by atoms with van der Waals surface area (Å²) in [6.45, 7) is 0.191. The molecule has 3 aromatic rings. The van der Waals surface area contributed by atoms with Gasteiger partial charge in [0.1, 0.15) is 6.04 Å². The molecule has 0 aliphatic carbocycles. The molecule has 0 fully saturated rings. The van der Waals surface area contributed by atoms with Gasteiger partial charge in [0.2, 0.25) is 0 Å². The minimum absolute atomic E-state index is 0.185. The first-order chi connectivity index (χ1) is 13.1.